The highest BCUT2D eigenvalue weighted by Gasteiger charge is 2.35. The van der Waals surface area contributed by atoms with Crippen LogP contribution < -0.4 is 10.5 Å². The van der Waals surface area contributed by atoms with Crippen LogP contribution in [0.2, 0.25) is 0 Å². The maximum absolute atomic E-state index is 13.1. The third-order valence-electron chi connectivity index (χ3n) is 4.98. The number of carbonyl (C=O) groups is 1. The van der Waals surface area contributed by atoms with E-state index in [2.05, 4.69) is 13.8 Å². The Bertz CT molecular complexity index is 728. The summed E-state index contributed by atoms with van der Waals surface area (Å²) in [7, 11) is 0. The average molecular weight is 338 g/mol. The number of likely N-dealkylation sites (tertiary alicyclic amines) is 1. The topological polar surface area (TPSA) is 55.6 Å². The number of ether oxygens (including phenoxy) is 1. The van der Waals surface area contributed by atoms with Crippen molar-refractivity contribution in [2.75, 3.05) is 13.1 Å². The van der Waals surface area contributed by atoms with E-state index in [0.717, 1.165) is 17.7 Å². The van der Waals surface area contributed by atoms with E-state index < -0.39 is 0 Å². The number of hydrogen-bond acceptors (Lipinski definition) is 3. The first kappa shape index (κ1) is 17.5. The normalized spacial score (nSPS) is 19.5. The van der Waals surface area contributed by atoms with Gasteiger partial charge in [0.2, 0.25) is 0 Å². The molecular formula is C21H26N2O2. The summed E-state index contributed by atoms with van der Waals surface area (Å²) in [5.41, 5.74) is 7.75. The number of benzene rings is 2. The first-order valence-electron chi connectivity index (χ1n) is 8.78. The molecule has 2 aromatic rings. The lowest BCUT2D eigenvalue weighted by atomic mass is 9.79. The van der Waals surface area contributed by atoms with Crippen molar-refractivity contribution in [3.63, 3.8) is 0 Å². The van der Waals surface area contributed by atoms with E-state index in [1.165, 1.54) is 0 Å². The van der Waals surface area contributed by atoms with Crippen LogP contribution in [0.5, 0.6) is 5.75 Å². The second-order valence-corrected chi connectivity index (χ2v) is 7.37. The van der Waals surface area contributed by atoms with Crippen LogP contribution in [-0.2, 0) is 6.61 Å². The Balaban J connectivity index is 1.75. The predicted octanol–water partition coefficient (Wildman–Crippen LogP) is 3.47. The Kier molecular flexibility index (Phi) is 5.09. The Labute approximate surface area is 149 Å². The number of nitrogens with two attached hydrogens (primary N) is 1. The maximum Gasteiger partial charge on any atom is 0.254 e. The molecule has 132 valence electrons. The molecule has 1 heterocycles. The molecule has 2 aromatic carbocycles. The quantitative estimate of drug-likeness (QED) is 0.929. The lowest BCUT2D eigenvalue weighted by molar-refractivity contribution is 0.0530. The van der Waals surface area contributed by atoms with Crippen molar-refractivity contribution in [1.82, 2.24) is 4.90 Å². The van der Waals surface area contributed by atoms with Crippen LogP contribution >= 0.6 is 0 Å². The molecule has 1 fully saturated rings. The molecular weight excluding hydrogens is 312 g/mol. The molecule has 4 nitrogen and oxygen atoms in total. The number of para-hydroxylation sites is 1. The summed E-state index contributed by atoms with van der Waals surface area (Å²) >= 11 is 0. The number of amides is 1. The van der Waals surface area contributed by atoms with Crippen LogP contribution in [-0.4, -0.2) is 29.9 Å². The van der Waals surface area contributed by atoms with Gasteiger partial charge in [-0.05, 0) is 30.0 Å². The molecule has 1 aliphatic heterocycles. The minimum Gasteiger partial charge on any atom is -0.489 e. The summed E-state index contributed by atoms with van der Waals surface area (Å²) in [6, 6.07) is 17.5. The zero-order chi connectivity index (χ0) is 17.9. The summed E-state index contributed by atoms with van der Waals surface area (Å²) in [6.07, 6.45) is 0.835. The van der Waals surface area contributed by atoms with E-state index in [1.807, 2.05) is 59.5 Å². The summed E-state index contributed by atoms with van der Waals surface area (Å²) in [6.45, 7) is 6.02. The standard InChI is InChI=1S/C21H26N2O2/c1-21(2)15-23(13-12-19(21)22)20(24)18-11-7-6-8-16(18)14-25-17-9-4-3-5-10-17/h3-11,19H,12-15,22H2,1-2H3. The second kappa shape index (κ2) is 7.28. The van der Waals surface area contributed by atoms with Crippen LogP contribution in [0.1, 0.15) is 36.2 Å². The molecule has 25 heavy (non-hydrogen) atoms. The molecule has 0 bridgehead atoms. The van der Waals surface area contributed by atoms with Gasteiger partial charge in [-0.25, -0.2) is 0 Å². The molecule has 0 aromatic heterocycles. The first-order valence-corrected chi connectivity index (χ1v) is 8.78. The van der Waals surface area contributed by atoms with Crippen molar-refractivity contribution < 1.29 is 9.53 Å². The molecule has 1 atom stereocenters. The van der Waals surface area contributed by atoms with Gasteiger partial charge in [0.15, 0.2) is 0 Å². The molecule has 2 N–H and O–H groups in total. The molecule has 1 amide bonds. The summed E-state index contributed by atoms with van der Waals surface area (Å²) in [5, 5.41) is 0. The molecule has 0 saturated carbocycles. The van der Waals surface area contributed by atoms with Crippen molar-refractivity contribution in [3.8, 4) is 5.75 Å². The van der Waals surface area contributed by atoms with E-state index in [1.54, 1.807) is 0 Å². The van der Waals surface area contributed by atoms with Gasteiger partial charge in [-0.1, -0.05) is 50.2 Å². The fourth-order valence-corrected chi connectivity index (χ4v) is 3.25. The highest BCUT2D eigenvalue weighted by molar-refractivity contribution is 5.95. The van der Waals surface area contributed by atoms with Gasteiger partial charge in [0.1, 0.15) is 12.4 Å². The van der Waals surface area contributed by atoms with Crippen molar-refractivity contribution in [3.05, 3.63) is 65.7 Å². The van der Waals surface area contributed by atoms with Crippen LogP contribution in [0, 0.1) is 5.41 Å². The van der Waals surface area contributed by atoms with Crippen LogP contribution in [0.3, 0.4) is 0 Å². The molecule has 0 radical (unpaired) electrons. The van der Waals surface area contributed by atoms with Gasteiger partial charge in [0.05, 0.1) is 0 Å². The average Bonchev–Trinajstić information content (AvgIpc) is 2.63. The van der Waals surface area contributed by atoms with Gasteiger partial charge in [-0.15, -0.1) is 0 Å². The minimum atomic E-state index is -0.0661. The Hall–Kier alpha value is -2.33. The van der Waals surface area contributed by atoms with Crippen LogP contribution in [0.25, 0.3) is 0 Å². The lowest BCUT2D eigenvalue weighted by Crippen LogP contribution is -2.54. The Morgan fingerprint density at radius 2 is 1.84 bits per heavy atom. The zero-order valence-corrected chi connectivity index (χ0v) is 14.9. The van der Waals surface area contributed by atoms with E-state index in [9.17, 15) is 4.79 Å². The SMILES string of the molecule is CC1(C)CN(C(=O)c2ccccc2COc2ccccc2)CCC1N. The van der Waals surface area contributed by atoms with Crippen LogP contribution in [0.4, 0.5) is 0 Å². The Morgan fingerprint density at radius 3 is 2.56 bits per heavy atom. The van der Waals surface area contributed by atoms with E-state index in [-0.39, 0.29) is 17.4 Å². The third kappa shape index (κ3) is 4.02. The molecule has 3 rings (SSSR count). The molecule has 4 heteroatoms. The molecule has 1 saturated heterocycles. The fourth-order valence-electron chi connectivity index (χ4n) is 3.25. The summed E-state index contributed by atoms with van der Waals surface area (Å²) in [4.78, 5) is 15.0. The summed E-state index contributed by atoms with van der Waals surface area (Å²) in [5.74, 6) is 0.863. The van der Waals surface area contributed by atoms with Crippen LogP contribution in [0.15, 0.2) is 54.6 Å². The smallest absolute Gasteiger partial charge is 0.254 e. The van der Waals surface area contributed by atoms with Gasteiger partial charge >= 0.3 is 0 Å². The van der Waals surface area contributed by atoms with Gasteiger partial charge in [0, 0.05) is 30.3 Å². The highest BCUT2D eigenvalue weighted by Crippen LogP contribution is 2.29. The van der Waals surface area contributed by atoms with Crippen molar-refractivity contribution in [2.24, 2.45) is 11.1 Å². The minimum absolute atomic E-state index is 0.0623. The van der Waals surface area contributed by atoms with Gasteiger partial charge < -0.3 is 15.4 Å². The van der Waals surface area contributed by atoms with E-state index in [0.29, 0.717) is 25.3 Å². The number of carbonyl (C=O) groups excluding carboxylic acids is 1. The largest absolute Gasteiger partial charge is 0.489 e. The molecule has 1 aliphatic rings. The maximum atomic E-state index is 13.1. The second-order valence-electron chi connectivity index (χ2n) is 7.37. The van der Waals surface area contributed by atoms with Crippen molar-refractivity contribution in [2.45, 2.75) is 32.9 Å². The summed E-state index contributed by atoms with van der Waals surface area (Å²) < 4.78 is 5.84. The van der Waals surface area contributed by atoms with Crippen molar-refractivity contribution in [1.29, 1.82) is 0 Å². The number of nitrogens with zero attached hydrogens (tertiary/aromatic N) is 1. The third-order valence-corrected chi connectivity index (χ3v) is 4.98. The van der Waals surface area contributed by atoms with Gasteiger partial charge in [-0.3, -0.25) is 4.79 Å². The first-order chi connectivity index (χ1) is 12.0. The van der Waals surface area contributed by atoms with Gasteiger partial charge in [-0.2, -0.15) is 0 Å². The highest BCUT2D eigenvalue weighted by atomic mass is 16.5. The molecule has 1 unspecified atom stereocenters. The zero-order valence-electron chi connectivity index (χ0n) is 14.9. The molecule has 0 aliphatic carbocycles. The van der Waals surface area contributed by atoms with Gasteiger partial charge in [0.25, 0.3) is 5.91 Å². The Morgan fingerprint density at radius 1 is 1.16 bits per heavy atom. The van der Waals surface area contributed by atoms with Crippen molar-refractivity contribution >= 4 is 5.91 Å². The number of rotatable bonds is 4. The predicted molar refractivity (Wildman–Crippen MR) is 99.5 cm³/mol. The fraction of sp³-hybridized carbons (Fsp3) is 0.381. The number of hydrogen-bond donors (Lipinski definition) is 1. The van der Waals surface area contributed by atoms with E-state index >= 15 is 0 Å². The number of piperidine rings is 1. The monoisotopic (exact) mass is 338 g/mol. The lowest BCUT2D eigenvalue weighted by Gasteiger charge is -2.42. The molecule has 0 spiro atoms. The van der Waals surface area contributed by atoms with E-state index in [4.69, 9.17) is 10.5 Å².